The molecule has 0 aliphatic heterocycles. The number of rotatable bonds is 1. The summed E-state index contributed by atoms with van der Waals surface area (Å²) in [5, 5.41) is 2.94. The Hall–Kier alpha value is -2.24. The summed E-state index contributed by atoms with van der Waals surface area (Å²) in [5.41, 5.74) is 1.48. The third-order valence-electron chi connectivity index (χ3n) is 2.73. The van der Waals surface area contributed by atoms with Crippen LogP contribution in [0, 0.1) is 0 Å². The summed E-state index contributed by atoms with van der Waals surface area (Å²) in [4.78, 5) is 4.14. The number of fused-ring (bicyclic) bond motifs is 1. The molecule has 0 spiro atoms. The zero-order valence-electron chi connectivity index (χ0n) is 9.07. The van der Waals surface area contributed by atoms with Crippen LogP contribution in [0.3, 0.4) is 0 Å². The van der Waals surface area contributed by atoms with Crippen LogP contribution in [-0.2, 0) is 6.18 Å². The molecule has 0 atom stereocenters. The molecule has 18 heavy (non-hydrogen) atoms. The van der Waals surface area contributed by atoms with Crippen molar-refractivity contribution in [3.05, 3.63) is 48.3 Å². The average molecular weight is 251 g/mol. The van der Waals surface area contributed by atoms with Crippen LogP contribution in [0.1, 0.15) is 5.56 Å². The van der Waals surface area contributed by atoms with Gasteiger partial charge in [0.05, 0.1) is 17.5 Å². The molecule has 6 heteroatoms. The first-order chi connectivity index (χ1) is 8.55. The van der Waals surface area contributed by atoms with E-state index < -0.39 is 11.7 Å². The summed E-state index contributed by atoms with van der Waals surface area (Å²) >= 11 is 0. The summed E-state index contributed by atoms with van der Waals surface area (Å²) in [6.45, 7) is 0. The number of hydrogen-bond donors (Lipinski definition) is 1. The van der Waals surface area contributed by atoms with Crippen molar-refractivity contribution < 1.29 is 13.2 Å². The van der Waals surface area contributed by atoms with Crippen molar-refractivity contribution in [2.24, 2.45) is 0 Å². The van der Waals surface area contributed by atoms with E-state index in [1.54, 1.807) is 23.0 Å². The van der Waals surface area contributed by atoms with Crippen LogP contribution in [0.15, 0.2) is 42.7 Å². The van der Waals surface area contributed by atoms with E-state index >= 15 is 0 Å². The highest BCUT2D eigenvalue weighted by Crippen LogP contribution is 2.30. The number of hydrogen-bond acceptors (Lipinski definition) is 1. The Morgan fingerprint density at radius 2 is 1.78 bits per heavy atom. The number of nitrogens with zero attached hydrogens (tertiary/aromatic N) is 2. The summed E-state index contributed by atoms with van der Waals surface area (Å²) in [7, 11) is 0. The SMILES string of the molecule is FC(F)(F)c1ccc(-c2cnc3cc[nH]n23)cc1. The second-order valence-electron chi connectivity index (χ2n) is 3.87. The normalized spacial score (nSPS) is 12.2. The van der Waals surface area contributed by atoms with Gasteiger partial charge in [-0.05, 0) is 12.1 Å². The lowest BCUT2D eigenvalue weighted by atomic mass is 10.1. The minimum atomic E-state index is -4.31. The largest absolute Gasteiger partial charge is 0.416 e. The van der Waals surface area contributed by atoms with Gasteiger partial charge in [-0.15, -0.1) is 0 Å². The average Bonchev–Trinajstić information content (AvgIpc) is 2.89. The Balaban J connectivity index is 2.06. The van der Waals surface area contributed by atoms with Crippen LogP contribution in [0.25, 0.3) is 16.9 Å². The van der Waals surface area contributed by atoms with Gasteiger partial charge < -0.3 is 0 Å². The first-order valence-electron chi connectivity index (χ1n) is 5.24. The lowest BCUT2D eigenvalue weighted by molar-refractivity contribution is -0.137. The molecule has 0 unspecified atom stereocenters. The summed E-state index contributed by atoms with van der Waals surface area (Å²) < 4.78 is 39.0. The number of aromatic amines is 1. The van der Waals surface area contributed by atoms with Gasteiger partial charge in [0.1, 0.15) is 0 Å². The topological polar surface area (TPSA) is 33.1 Å². The lowest BCUT2D eigenvalue weighted by Crippen LogP contribution is -2.04. The summed E-state index contributed by atoms with van der Waals surface area (Å²) in [5.74, 6) is 0. The van der Waals surface area contributed by atoms with Gasteiger partial charge in [0.15, 0.2) is 5.65 Å². The Bertz CT molecular complexity index is 676. The highest BCUT2D eigenvalue weighted by Gasteiger charge is 2.30. The predicted molar refractivity (Wildman–Crippen MR) is 60.0 cm³/mol. The molecule has 0 saturated heterocycles. The number of alkyl halides is 3. The van der Waals surface area contributed by atoms with E-state index in [4.69, 9.17) is 0 Å². The fourth-order valence-corrected chi connectivity index (χ4v) is 1.84. The molecule has 3 rings (SSSR count). The molecule has 1 N–H and O–H groups in total. The van der Waals surface area contributed by atoms with Crippen LogP contribution >= 0.6 is 0 Å². The van der Waals surface area contributed by atoms with E-state index in [1.807, 2.05) is 0 Å². The minimum absolute atomic E-state index is 0.654. The first kappa shape index (κ1) is 10.9. The van der Waals surface area contributed by atoms with Crippen molar-refractivity contribution in [2.75, 3.05) is 0 Å². The number of H-pyrrole nitrogens is 1. The molecular formula is C12H8F3N3. The van der Waals surface area contributed by atoms with Gasteiger partial charge in [-0.1, -0.05) is 12.1 Å². The first-order valence-corrected chi connectivity index (χ1v) is 5.24. The van der Waals surface area contributed by atoms with Gasteiger partial charge in [0.2, 0.25) is 0 Å². The highest BCUT2D eigenvalue weighted by molar-refractivity contribution is 5.63. The van der Waals surface area contributed by atoms with Crippen molar-refractivity contribution in [1.82, 2.24) is 14.6 Å². The number of nitrogens with one attached hydrogen (secondary N) is 1. The second kappa shape index (κ2) is 3.63. The van der Waals surface area contributed by atoms with Crippen LogP contribution in [0.5, 0.6) is 0 Å². The number of benzene rings is 1. The van der Waals surface area contributed by atoms with E-state index in [1.165, 1.54) is 12.1 Å². The standard InChI is InChI=1S/C12H8F3N3/c13-12(14,15)9-3-1-8(2-4-9)10-7-16-11-5-6-17-18(10)11/h1-7,17H. The molecule has 1 aromatic carbocycles. The third kappa shape index (κ3) is 1.66. The molecule has 0 radical (unpaired) electrons. The van der Waals surface area contributed by atoms with E-state index in [0.29, 0.717) is 5.56 Å². The van der Waals surface area contributed by atoms with Crippen molar-refractivity contribution in [2.45, 2.75) is 6.18 Å². The fourth-order valence-electron chi connectivity index (χ4n) is 1.84. The predicted octanol–water partition coefficient (Wildman–Crippen LogP) is 3.35. The monoisotopic (exact) mass is 251 g/mol. The molecule has 3 nitrogen and oxygen atoms in total. The van der Waals surface area contributed by atoms with E-state index in [2.05, 4.69) is 10.1 Å². The second-order valence-corrected chi connectivity index (χ2v) is 3.87. The Kier molecular flexibility index (Phi) is 2.19. The Morgan fingerprint density at radius 3 is 2.44 bits per heavy atom. The van der Waals surface area contributed by atoms with Gasteiger partial charge in [-0.2, -0.15) is 13.2 Å². The van der Waals surface area contributed by atoms with Gasteiger partial charge in [-0.25, -0.2) is 9.50 Å². The van der Waals surface area contributed by atoms with Crippen molar-refractivity contribution in [3.63, 3.8) is 0 Å². The van der Waals surface area contributed by atoms with Gasteiger partial charge in [0.25, 0.3) is 0 Å². The maximum atomic E-state index is 12.4. The smallest absolute Gasteiger partial charge is 0.299 e. The molecule has 2 heterocycles. The third-order valence-corrected chi connectivity index (χ3v) is 2.73. The van der Waals surface area contributed by atoms with Crippen molar-refractivity contribution >= 4 is 5.65 Å². The van der Waals surface area contributed by atoms with Crippen molar-refractivity contribution in [3.8, 4) is 11.3 Å². The molecule has 92 valence electrons. The molecule has 0 fully saturated rings. The fraction of sp³-hybridized carbons (Fsp3) is 0.0833. The van der Waals surface area contributed by atoms with Crippen LogP contribution in [0.2, 0.25) is 0 Å². The van der Waals surface area contributed by atoms with Crippen LogP contribution < -0.4 is 0 Å². The quantitative estimate of drug-likeness (QED) is 0.706. The minimum Gasteiger partial charge on any atom is -0.299 e. The highest BCUT2D eigenvalue weighted by atomic mass is 19.4. The van der Waals surface area contributed by atoms with Gasteiger partial charge >= 0.3 is 6.18 Å². The number of halogens is 3. The lowest BCUT2D eigenvalue weighted by Gasteiger charge is -2.07. The van der Waals surface area contributed by atoms with Crippen LogP contribution in [-0.4, -0.2) is 14.6 Å². The molecule has 0 saturated carbocycles. The molecule has 2 aromatic heterocycles. The zero-order chi connectivity index (χ0) is 12.8. The number of aromatic nitrogens is 3. The molecule has 0 bridgehead atoms. The van der Waals surface area contributed by atoms with Gasteiger partial charge in [0, 0.05) is 17.8 Å². The van der Waals surface area contributed by atoms with Crippen molar-refractivity contribution in [1.29, 1.82) is 0 Å². The molecule has 3 aromatic rings. The van der Waals surface area contributed by atoms with E-state index in [9.17, 15) is 13.2 Å². The number of imidazole rings is 1. The van der Waals surface area contributed by atoms with E-state index in [0.717, 1.165) is 23.5 Å². The van der Waals surface area contributed by atoms with Gasteiger partial charge in [-0.3, -0.25) is 5.10 Å². The molecule has 0 amide bonds. The Labute approximate surface area is 99.9 Å². The maximum absolute atomic E-state index is 12.4. The maximum Gasteiger partial charge on any atom is 0.416 e. The van der Waals surface area contributed by atoms with E-state index in [-0.39, 0.29) is 0 Å². The van der Waals surface area contributed by atoms with Crippen LogP contribution in [0.4, 0.5) is 13.2 Å². The zero-order valence-corrected chi connectivity index (χ0v) is 9.07. The molecule has 0 aliphatic carbocycles. The molecule has 0 aliphatic rings. The molecular weight excluding hydrogens is 243 g/mol. The summed E-state index contributed by atoms with van der Waals surface area (Å²) in [6, 6.07) is 6.79. The summed E-state index contributed by atoms with van der Waals surface area (Å²) in [6.07, 6.45) is -0.970. The Morgan fingerprint density at radius 1 is 1.06 bits per heavy atom.